The Morgan fingerprint density at radius 1 is 1.03 bits per heavy atom. The molecule has 0 aliphatic rings. The first kappa shape index (κ1) is 18.8. The number of rotatable bonds is 7. The summed E-state index contributed by atoms with van der Waals surface area (Å²) in [5, 5.41) is 9.98. The number of aromatic nitrogens is 4. The van der Waals surface area contributed by atoms with E-state index in [9.17, 15) is 4.79 Å². The van der Waals surface area contributed by atoms with Gasteiger partial charge in [0.2, 0.25) is 5.95 Å². The van der Waals surface area contributed by atoms with E-state index >= 15 is 0 Å². The Balaban J connectivity index is 1.46. The van der Waals surface area contributed by atoms with Gasteiger partial charge in [0.25, 0.3) is 11.3 Å². The predicted molar refractivity (Wildman–Crippen MR) is 113 cm³/mol. The lowest BCUT2D eigenvalue weighted by molar-refractivity contribution is 0.415. The van der Waals surface area contributed by atoms with E-state index in [1.54, 1.807) is 7.11 Å². The molecule has 148 valence electrons. The fourth-order valence-corrected chi connectivity index (χ4v) is 2.91. The molecular formula is C20H19ClN6O2. The Morgan fingerprint density at radius 3 is 2.52 bits per heavy atom. The van der Waals surface area contributed by atoms with Gasteiger partial charge in [-0.05, 0) is 42.0 Å². The van der Waals surface area contributed by atoms with Crippen molar-refractivity contribution in [1.29, 1.82) is 0 Å². The zero-order valence-electron chi connectivity index (χ0n) is 15.6. The van der Waals surface area contributed by atoms with Crippen LogP contribution in [-0.2, 0) is 13.1 Å². The number of hydrogen-bond donors (Lipinski definition) is 3. The average Bonchev–Trinajstić information content (AvgIpc) is 3.16. The van der Waals surface area contributed by atoms with E-state index in [2.05, 4.69) is 25.7 Å². The monoisotopic (exact) mass is 410 g/mol. The molecule has 0 radical (unpaired) electrons. The van der Waals surface area contributed by atoms with Gasteiger partial charge in [0, 0.05) is 23.3 Å². The summed E-state index contributed by atoms with van der Waals surface area (Å²) in [4.78, 5) is 21.2. The minimum Gasteiger partial charge on any atom is -0.497 e. The molecule has 8 nitrogen and oxygen atoms in total. The number of anilines is 2. The van der Waals surface area contributed by atoms with Gasteiger partial charge in [-0.15, -0.1) is 0 Å². The second-order valence-corrected chi connectivity index (χ2v) is 6.79. The number of H-pyrrole nitrogens is 1. The Morgan fingerprint density at radius 2 is 1.79 bits per heavy atom. The summed E-state index contributed by atoms with van der Waals surface area (Å²) in [6.45, 7) is 0.941. The number of benzene rings is 2. The maximum atomic E-state index is 12.4. The fourth-order valence-electron chi connectivity index (χ4n) is 2.79. The molecule has 0 aliphatic carbocycles. The van der Waals surface area contributed by atoms with Crippen molar-refractivity contribution in [1.82, 2.24) is 19.6 Å². The van der Waals surface area contributed by atoms with Gasteiger partial charge < -0.3 is 15.4 Å². The van der Waals surface area contributed by atoms with Gasteiger partial charge in [0.1, 0.15) is 5.75 Å². The molecule has 0 fully saturated rings. The zero-order chi connectivity index (χ0) is 20.2. The van der Waals surface area contributed by atoms with Crippen molar-refractivity contribution in [2.75, 3.05) is 17.7 Å². The summed E-state index contributed by atoms with van der Waals surface area (Å²) in [5.74, 6) is 1.55. The molecule has 2 aromatic heterocycles. The highest BCUT2D eigenvalue weighted by atomic mass is 35.5. The Kier molecular flexibility index (Phi) is 5.35. The Bertz CT molecular complexity index is 1170. The largest absolute Gasteiger partial charge is 0.497 e. The zero-order valence-corrected chi connectivity index (χ0v) is 16.4. The van der Waals surface area contributed by atoms with Crippen LogP contribution < -0.4 is 20.9 Å². The quantitative estimate of drug-likeness (QED) is 0.432. The lowest BCUT2D eigenvalue weighted by atomic mass is 10.2. The molecule has 0 saturated carbocycles. The van der Waals surface area contributed by atoms with E-state index in [0.717, 1.165) is 17.0 Å². The molecule has 0 aliphatic heterocycles. The average molecular weight is 411 g/mol. The van der Waals surface area contributed by atoms with Gasteiger partial charge in [-0.25, -0.2) is 4.98 Å². The smallest absolute Gasteiger partial charge is 0.274 e. The van der Waals surface area contributed by atoms with Crippen molar-refractivity contribution in [3.8, 4) is 5.75 Å². The molecule has 0 saturated heterocycles. The first-order valence-electron chi connectivity index (χ1n) is 8.96. The molecule has 2 heterocycles. The lowest BCUT2D eigenvalue weighted by Gasteiger charge is -2.06. The minimum atomic E-state index is -0.228. The van der Waals surface area contributed by atoms with Crippen LogP contribution in [0.4, 0.5) is 11.6 Å². The number of fused-ring (bicyclic) bond motifs is 1. The SMILES string of the molecule is COc1ccc(NCc2cc(=O)n3[nH]c(NCc4ccc(Cl)cc4)nc3n2)cc1. The topological polar surface area (TPSA) is 96.3 Å². The van der Waals surface area contributed by atoms with Gasteiger partial charge >= 0.3 is 0 Å². The van der Waals surface area contributed by atoms with Gasteiger partial charge in [0.15, 0.2) is 0 Å². The molecule has 0 unspecified atom stereocenters. The van der Waals surface area contributed by atoms with Gasteiger partial charge in [-0.1, -0.05) is 23.7 Å². The van der Waals surface area contributed by atoms with Crippen LogP contribution in [0.3, 0.4) is 0 Å². The summed E-state index contributed by atoms with van der Waals surface area (Å²) < 4.78 is 6.45. The molecule has 0 bridgehead atoms. The van der Waals surface area contributed by atoms with Crippen LogP contribution in [0.5, 0.6) is 5.75 Å². The third kappa shape index (κ3) is 4.49. The van der Waals surface area contributed by atoms with Crippen molar-refractivity contribution >= 4 is 29.0 Å². The molecule has 3 N–H and O–H groups in total. The second kappa shape index (κ2) is 8.24. The molecular weight excluding hydrogens is 392 g/mol. The lowest BCUT2D eigenvalue weighted by Crippen LogP contribution is -2.17. The van der Waals surface area contributed by atoms with Crippen LogP contribution in [0.2, 0.25) is 5.02 Å². The van der Waals surface area contributed by atoms with Gasteiger partial charge in [-0.2, -0.15) is 9.50 Å². The van der Waals surface area contributed by atoms with Crippen LogP contribution >= 0.6 is 11.6 Å². The highest BCUT2D eigenvalue weighted by molar-refractivity contribution is 6.30. The summed E-state index contributed by atoms with van der Waals surface area (Å²) in [7, 11) is 1.62. The molecule has 9 heteroatoms. The standard InChI is InChI=1S/C20H19ClN6O2/c1-29-17-8-6-15(7-9-17)22-12-16-10-18(28)27-20(24-16)25-19(26-27)23-11-13-2-4-14(21)5-3-13/h2-10,22H,11-12H2,1H3,(H2,23,24,25,26). The normalized spacial score (nSPS) is 10.8. The van der Waals surface area contributed by atoms with Crippen molar-refractivity contribution in [3.05, 3.63) is 81.2 Å². The number of nitrogens with zero attached hydrogens (tertiary/aromatic N) is 3. The molecule has 0 spiro atoms. The second-order valence-electron chi connectivity index (χ2n) is 6.36. The number of aromatic amines is 1. The van der Waals surface area contributed by atoms with Crippen molar-refractivity contribution < 1.29 is 4.74 Å². The van der Waals surface area contributed by atoms with Crippen molar-refractivity contribution in [2.24, 2.45) is 0 Å². The van der Waals surface area contributed by atoms with Crippen LogP contribution in [0.1, 0.15) is 11.3 Å². The van der Waals surface area contributed by atoms with Crippen molar-refractivity contribution in [2.45, 2.75) is 13.1 Å². The molecule has 2 aromatic carbocycles. The first-order valence-corrected chi connectivity index (χ1v) is 9.33. The first-order chi connectivity index (χ1) is 14.1. The van der Waals surface area contributed by atoms with E-state index in [1.807, 2.05) is 48.5 Å². The molecule has 4 rings (SSSR count). The number of halogens is 1. The van der Waals surface area contributed by atoms with Crippen molar-refractivity contribution in [3.63, 3.8) is 0 Å². The van der Waals surface area contributed by atoms with Crippen LogP contribution in [0, 0.1) is 0 Å². The van der Waals surface area contributed by atoms with E-state index in [1.165, 1.54) is 10.6 Å². The van der Waals surface area contributed by atoms with Crippen LogP contribution in [0.15, 0.2) is 59.4 Å². The van der Waals surface area contributed by atoms with Crippen LogP contribution in [0.25, 0.3) is 5.78 Å². The predicted octanol–water partition coefficient (Wildman–Crippen LogP) is 3.30. The van der Waals surface area contributed by atoms with E-state index in [0.29, 0.717) is 35.5 Å². The highest BCUT2D eigenvalue weighted by Crippen LogP contribution is 2.15. The maximum Gasteiger partial charge on any atom is 0.274 e. The Hall–Kier alpha value is -3.52. The van der Waals surface area contributed by atoms with Gasteiger partial charge in [0.05, 0.1) is 19.3 Å². The third-order valence-electron chi connectivity index (χ3n) is 4.32. The number of hydrogen-bond acceptors (Lipinski definition) is 6. The van der Waals surface area contributed by atoms with Gasteiger partial charge in [-0.3, -0.25) is 9.89 Å². The number of nitrogens with one attached hydrogen (secondary N) is 3. The maximum absolute atomic E-state index is 12.4. The summed E-state index contributed by atoms with van der Waals surface area (Å²) in [5.41, 5.74) is 2.31. The van der Waals surface area contributed by atoms with E-state index in [-0.39, 0.29) is 5.56 Å². The number of methoxy groups -OCH3 is 1. The van der Waals surface area contributed by atoms with E-state index < -0.39 is 0 Å². The Labute approximate surface area is 171 Å². The molecule has 0 amide bonds. The summed E-state index contributed by atoms with van der Waals surface area (Å²) in [6, 6.07) is 16.5. The summed E-state index contributed by atoms with van der Waals surface area (Å²) in [6.07, 6.45) is 0. The van der Waals surface area contributed by atoms with E-state index in [4.69, 9.17) is 16.3 Å². The molecule has 0 atom stereocenters. The minimum absolute atomic E-state index is 0.228. The highest BCUT2D eigenvalue weighted by Gasteiger charge is 2.08. The molecule has 4 aromatic rings. The number of ether oxygens (including phenoxy) is 1. The third-order valence-corrected chi connectivity index (χ3v) is 4.57. The summed E-state index contributed by atoms with van der Waals surface area (Å²) >= 11 is 5.90. The fraction of sp³-hybridized carbons (Fsp3) is 0.150. The molecule has 29 heavy (non-hydrogen) atoms. The van der Waals surface area contributed by atoms with Crippen LogP contribution in [-0.4, -0.2) is 26.7 Å².